The van der Waals surface area contributed by atoms with Crippen molar-refractivity contribution in [2.24, 2.45) is 0 Å². The Labute approximate surface area is 108 Å². The van der Waals surface area contributed by atoms with Gasteiger partial charge in [-0.3, -0.25) is 9.48 Å². The Morgan fingerprint density at radius 1 is 1.50 bits per heavy atom. The van der Waals surface area contributed by atoms with Crippen LogP contribution in [-0.2, 0) is 11.3 Å². The van der Waals surface area contributed by atoms with Crippen LogP contribution in [0.4, 0.5) is 0 Å². The number of carbonyl (C=O) groups excluding carboxylic acids is 1. The molecule has 1 heterocycles. The van der Waals surface area contributed by atoms with Gasteiger partial charge in [-0.15, -0.1) is 0 Å². The zero-order valence-electron chi connectivity index (χ0n) is 11.7. The number of aliphatic hydroxyl groups is 1. The molecule has 1 aromatic rings. The van der Waals surface area contributed by atoms with Gasteiger partial charge in [0.2, 0.25) is 5.91 Å². The molecule has 0 radical (unpaired) electrons. The molecule has 1 amide bonds. The third-order valence-electron chi connectivity index (χ3n) is 2.89. The summed E-state index contributed by atoms with van der Waals surface area (Å²) < 4.78 is 1.73. The Bertz CT molecular complexity index is 399. The maximum absolute atomic E-state index is 12.2. The smallest absolute Gasteiger partial charge is 0.244 e. The lowest BCUT2D eigenvalue weighted by Crippen LogP contribution is -2.40. The monoisotopic (exact) mass is 253 g/mol. The number of rotatable bonds is 6. The molecule has 0 aliphatic carbocycles. The third-order valence-corrected chi connectivity index (χ3v) is 2.89. The van der Waals surface area contributed by atoms with Gasteiger partial charge in [-0.2, -0.15) is 5.10 Å². The zero-order valence-corrected chi connectivity index (χ0v) is 11.7. The summed E-state index contributed by atoms with van der Waals surface area (Å²) in [6, 6.07) is 2.10. The zero-order chi connectivity index (χ0) is 13.7. The van der Waals surface area contributed by atoms with Crippen LogP contribution in [0.2, 0.25) is 0 Å². The molecule has 0 saturated carbocycles. The number of nitrogens with zero attached hydrogens (tertiary/aromatic N) is 3. The molecule has 0 aliphatic heterocycles. The van der Waals surface area contributed by atoms with Gasteiger partial charge >= 0.3 is 0 Å². The van der Waals surface area contributed by atoms with Crippen LogP contribution in [-0.4, -0.2) is 44.9 Å². The lowest BCUT2D eigenvalue weighted by Gasteiger charge is -2.26. The van der Waals surface area contributed by atoms with Gasteiger partial charge in [0.05, 0.1) is 5.69 Å². The first kappa shape index (κ1) is 14.7. The summed E-state index contributed by atoms with van der Waals surface area (Å²) >= 11 is 0. The van der Waals surface area contributed by atoms with Crippen molar-refractivity contribution < 1.29 is 9.90 Å². The molecule has 5 nitrogen and oxygen atoms in total. The summed E-state index contributed by atoms with van der Waals surface area (Å²) in [6.07, 6.45) is 0.612. The minimum atomic E-state index is 0.0460. The van der Waals surface area contributed by atoms with Crippen molar-refractivity contribution in [2.45, 2.75) is 46.7 Å². The Kier molecular flexibility index (Phi) is 5.34. The van der Waals surface area contributed by atoms with Gasteiger partial charge < -0.3 is 10.0 Å². The summed E-state index contributed by atoms with van der Waals surface area (Å²) in [5, 5.41) is 13.2. The predicted molar refractivity (Wildman–Crippen MR) is 70.3 cm³/mol. The lowest BCUT2D eigenvalue weighted by molar-refractivity contribution is -0.133. The molecule has 0 atom stereocenters. The van der Waals surface area contributed by atoms with E-state index < -0.39 is 0 Å². The molecule has 1 N–H and O–H groups in total. The Hall–Kier alpha value is -1.36. The highest BCUT2D eigenvalue weighted by molar-refractivity contribution is 5.76. The van der Waals surface area contributed by atoms with E-state index in [9.17, 15) is 4.79 Å². The fraction of sp³-hybridized carbons (Fsp3) is 0.692. The van der Waals surface area contributed by atoms with E-state index in [4.69, 9.17) is 5.11 Å². The number of hydrogen-bond acceptors (Lipinski definition) is 3. The van der Waals surface area contributed by atoms with Crippen LogP contribution in [0, 0.1) is 13.8 Å². The molecule has 5 heteroatoms. The quantitative estimate of drug-likeness (QED) is 0.826. The van der Waals surface area contributed by atoms with Gasteiger partial charge in [-0.25, -0.2) is 0 Å². The number of aromatic nitrogens is 2. The minimum Gasteiger partial charge on any atom is -0.396 e. The molecular formula is C13H23N3O2. The highest BCUT2D eigenvalue weighted by atomic mass is 16.3. The van der Waals surface area contributed by atoms with Crippen molar-refractivity contribution in [3.8, 4) is 0 Å². The molecule has 18 heavy (non-hydrogen) atoms. The van der Waals surface area contributed by atoms with E-state index in [-0.39, 0.29) is 25.1 Å². The summed E-state index contributed by atoms with van der Waals surface area (Å²) in [6.45, 7) is 8.79. The van der Waals surface area contributed by atoms with Gasteiger partial charge in [0, 0.05) is 24.9 Å². The standard InChI is InChI=1S/C13H23N3O2/c1-10(2)15(6-5-7-17)13(18)9-16-12(4)8-11(3)14-16/h8,10,17H,5-7,9H2,1-4H3. The number of aryl methyl sites for hydroxylation is 2. The third kappa shape index (κ3) is 3.84. The van der Waals surface area contributed by atoms with Crippen LogP contribution in [0.3, 0.4) is 0 Å². The number of aliphatic hydroxyl groups excluding tert-OH is 1. The molecule has 0 spiro atoms. The largest absolute Gasteiger partial charge is 0.396 e. The van der Waals surface area contributed by atoms with Crippen molar-refractivity contribution in [1.29, 1.82) is 0 Å². The first-order chi connectivity index (χ1) is 8.45. The molecule has 102 valence electrons. The molecule has 0 unspecified atom stereocenters. The average Bonchev–Trinajstić information content (AvgIpc) is 2.57. The second-order valence-electron chi connectivity index (χ2n) is 4.84. The van der Waals surface area contributed by atoms with Crippen LogP contribution in [0.5, 0.6) is 0 Å². The van der Waals surface area contributed by atoms with Crippen molar-refractivity contribution in [1.82, 2.24) is 14.7 Å². The minimum absolute atomic E-state index is 0.0460. The molecule has 0 fully saturated rings. The van der Waals surface area contributed by atoms with Crippen LogP contribution >= 0.6 is 0 Å². The topological polar surface area (TPSA) is 58.4 Å². The Morgan fingerprint density at radius 2 is 2.17 bits per heavy atom. The molecular weight excluding hydrogens is 230 g/mol. The summed E-state index contributed by atoms with van der Waals surface area (Å²) in [4.78, 5) is 14.0. The van der Waals surface area contributed by atoms with E-state index in [1.807, 2.05) is 33.8 Å². The number of hydrogen-bond donors (Lipinski definition) is 1. The van der Waals surface area contributed by atoms with E-state index in [0.717, 1.165) is 11.4 Å². The van der Waals surface area contributed by atoms with Crippen LogP contribution < -0.4 is 0 Å². The van der Waals surface area contributed by atoms with E-state index in [1.165, 1.54) is 0 Å². The fourth-order valence-corrected chi connectivity index (χ4v) is 1.97. The molecule has 1 aromatic heterocycles. The van der Waals surface area contributed by atoms with Gasteiger partial charge in [-0.05, 0) is 40.2 Å². The van der Waals surface area contributed by atoms with E-state index in [1.54, 1.807) is 9.58 Å². The van der Waals surface area contributed by atoms with Gasteiger partial charge in [-0.1, -0.05) is 0 Å². The Morgan fingerprint density at radius 3 is 2.61 bits per heavy atom. The second kappa shape index (κ2) is 6.54. The normalized spacial score (nSPS) is 11.0. The molecule has 0 aromatic carbocycles. The van der Waals surface area contributed by atoms with Crippen LogP contribution in [0.15, 0.2) is 6.07 Å². The molecule has 0 aliphatic rings. The summed E-state index contributed by atoms with van der Waals surface area (Å²) in [5.41, 5.74) is 1.92. The van der Waals surface area contributed by atoms with Crippen molar-refractivity contribution in [3.05, 3.63) is 17.5 Å². The molecule has 0 bridgehead atoms. The fourth-order valence-electron chi connectivity index (χ4n) is 1.97. The molecule has 1 rings (SSSR count). The first-order valence-electron chi connectivity index (χ1n) is 6.37. The van der Waals surface area contributed by atoms with Crippen molar-refractivity contribution in [3.63, 3.8) is 0 Å². The highest BCUT2D eigenvalue weighted by Gasteiger charge is 2.17. The number of carbonyl (C=O) groups is 1. The van der Waals surface area contributed by atoms with E-state index in [0.29, 0.717) is 13.0 Å². The summed E-state index contributed by atoms with van der Waals surface area (Å²) in [5.74, 6) is 0.0460. The van der Waals surface area contributed by atoms with Gasteiger partial charge in [0.1, 0.15) is 6.54 Å². The average molecular weight is 253 g/mol. The second-order valence-corrected chi connectivity index (χ2v) is 4.84. The van der Waals surface area contributed by atoms with Crippen LogP contribution in [0.25, 0.3) is 0 Å². The van der Waals surface area contributed by atoms with Gasteiger partial charge in [0.15, 0.2) is 0 Å². The van der Waals surface area contributed by atoms with Crippen molar-refractivity contribution in [2.75, 3.05) is 13.2 Å². The van der Waals surface area contributed by atoms with Crippen molar-refractivity contribution >= 4 is 5.91 Å². The van der Waals surface area contributed by atoms with Gasteiger partial charge in [0.25, 0.3) is 0 Å². The number of amides is 1. The van der Waals surface area contributed by atoms with E-state index in [2.05, 4.69) is 5.10 Å². The lowest BCUT2D eigenvalue weighted by atomic mass is 10.2. The Balaban J connectivity index is 2.69. The van der Waals surface area contributed by atoms with E-state index >= 15 is 0 Å². The highest BCUT2D eigenvalue weighted by Crippen LogP contribution is 2.06. The molecule has 0 saturated heterocycles. The maximum atomic E-state index is 12.2. The SMILES string of the molecule is Cc1cc(C)n(CC(=O)N(CCCO)C(C)C)n1. The maximum Gasteiger partial charge on any atom is 0.244 e. The predicted octanol–water partition coefficient (Wildman–Crippen LogP) is 1.12. The summed E-state index contributed by atoms with van der Waals surface area (Å²) in [7, 11) is 0. The first-order valence-corrected chi connectivity index (χ1v) is 6.37. The van der Waals surface area contributed by atoms with Crippen LogP contribution in [0.1, 0.15) is 31.7 Å².